The maximum atomic E-state index is 11.5. The van der Waals surface area contributed by atoms with E-state index in [2.05, 4.69) is 13.2 Å². The van der Waals surface area contributed by atoms with Crippen LogP contribution in [0.3, 0.4) is 0 Å². The molecule has 4 saturated carbocycles. The molecule has 0 aliphatic heterocycles. The predicted molar refractivity (Wildman–Crippen MR) is 104 cm³/mol. The lowest BCUT2D eigenvalue weighted by Gasteiger charge is -2.61. The second kappa shape index (κ2) is 8.37. The molecule has 4 fully saturated rings. The first-order valence-electron chi connectivity index (χ1n) is 10.2. The first-order chi connectivity index (χ1) is 13.2. The smallest absolute Gasteiger partial charge is 0.333 e. The van der Waals surface area contributed by atoms with Crippen LogP contribution in [0.1, 0.15) is 52.4 Å². The van der Waals surface area contributed by atoms with Gasteiger partial charge in [-0.3, -0.25) is 0 Å². The highest BCUT2D eigenvalue weighted by molar-refractivity contribution is 5.87. The summed E-state index contributed by atoms with van der Waals surface area (Å²) in [5.41, 5.74) is 0.423. The number of ether oxygens (including phenoxy) is 4. The Morgan fingerprint density at radius 3 is 1.54 bits per heavy atom. The Morgan fingerprint density at radius 2 is 1.18 bits per heavy atom. The number of hydrogen-bond donors (Lipinski definition) is 0. The zero-order valence-electron chi connectivity index (χ0n) is 17.1. The lowest BCUT2D eigenvalue weighted by Crippen LogP contribution is -2.61. The van der Waals surface area contributed by atoms with Crippen molar-refractivity contribution < 1.29 is 28.5 Å². The summed E-state index contributed by atoms with van der Waals surface area (Å²) in [5.74, 6) is 0.464. The average Bonchev–Trinajstić information content (AvgIpc) is 2.60. The van der Waals surface area contributed by atoms with Gasteiger partial charge in [0.05, 0.1) is 24.4 Å². The fourth-order valence-corrected chi connectivity index (χ4v) is 5.47. The van der Waals surface area contributed by atoms with E-state index in [9.17, 15) is 9.59 Å². The van der Waals surface area contributed by atoms with E-state index in [0.29, 0.717) is 36.2 Å². The molecule has 0 aromatic heterocycles. The van der Waals surface area contributed by atoms with Crippen molar-refractivity contribution >= 4 is 11.9 Å². The van der Waals surface area contributed by atoms with Crippen LogP contribution in [0.2, 0.25) is 0 Å². The Labute approximate surface area is 167 Å². The first kappa shape index (κ1) is 21.1. The van der Waals surface area contributed by atoms with Crippen LogP contribution in [0.15, 0.2) is 24.3 Å². The van der Waals surface area contributed by atoms with E-state index in [4.69, 9.17) is 18.9 Å². The summed E-state index contributed by atoms with van der Waals surface area (Å²) in [4.78, 5) is 23.0. The molecule has 28 heavy (non-hydrogen) atoms. The summed E-state index contributed by atoms with van der Waals surface area (Å²) in [6, 6.07) is 0. The Morgan fingerprint density at radius 1 is 0.786 bits per heavy atom. The normalized spacial score (nSPS) is 32.8. The van der Waals surface area contributed by atoms with Crippen LogP contribution in [0.5, 0.6) is 0 Å². The van der Waals surface area contributed by atoms with Crippen LogP contribution in [0, 0.1) is 11.8 Å². The molecule has 0 saturated heterocycles. The van der Waals surface area contributed by atoms with Crippen LogP contribution >= 0.6 is 0 Å². The molecule has 4 bridgehead atoms. The molecule has 0 radical (unpaired) electrons. The van der Waals surface area contributed by atoms with Crippen LogP contribution in [-0.2, 0) is 28.5 Å². The lowest BCUT2D eigenvalue weighted by molar-refractivity contribution is -0.241. The lowest BCUT2D eigenvalue weighted by atomic mass is 9.52. The third kappa shape index (κ3) is 4.84. The second-order valence-corrected chi connectivity index (χ2v) is 8.86. The molecule has 4 aliphatic rings. The number of esters is 2. The van der Waals surface area contributed by atoms with Gasteiger partial charge in [0.1, 0.15) is 13.2 Å². The van der Waals surface area contributed by atoms with E-state index in [-0.39, 0.29) is 36.4 Å². The molecule has 0 spiro atoms. The van der Waals surface area contributed by atoms with E-state index in [0.717, 1.165) is 32.1 Å². The summed E-state index contributed by atoms with van der Waals surface area (Å²) < 4.78 is 22.9. The molecule has 0 amide bonds. The summed E-state index contributed by atoms with van der Waals surface area (Å²) in [6.45, 7) is 11.7. The van der Waals surface area contributed by atoms with Gasteiger partial charge < -0.3 is 18.9 Å². The van der Waals surface area contributed by atoms with Gasteiger partial charge in [0.25, 0.3) is 0 Å². The highest BCUT2D eigenvalue weighted by Crippen LogP contribution is 2.60. The van der Waals surface area contributed by atoms with Gasteiger partial charge in [-0.25, -0.2) is 9.59 Å². The van der Waals surface area contributed by atoms with Crippen molar-refractivity contribution in [3.8, 4) is 0 Å². The number of carbonyl (C=O) groups excluding carboxylic acids is 2. The summed E-state index contributed by atoms with van der Waals surface area (Å²) >= 11 is 0. The fraction of sp³-hybridized carbons (Fsp3) is 0.727. The molecule has 6 heteroatoms. The van der Waals surface area contributed by atoms with Crippen molar-refractivity contribution in [3.05, 3.63) is 24.3 Å². The molecular weight excluding hydrogens is 360 g/mol. The molecular formula is C22H32O6. The predicted octanol–water partition coefficient (Wildman–Crippen LogP) is 3.35. The molecule has 0 heterocycles. The van der Waals surface area contributed by atoms with Crippen molar-refractivity contribution in [2.75, 3.05) is 26.4 Å². The summed E-state index contributed by atoms with van der Waals surface area (Å²) in [5, 5.41) is 0. The Kier molecular flexibility index (Phi) is 6.30. The minimum absolute atomic E-state index is 0.186. The molecule has 0 N–H and O–H groups in total. The van der Waals surface area contributed by atoms with Crippen molar-refractivity contribution in [1.29, 1.82) is 0 Å². The highest BCUT2D eigenvalue weighted by atomic mass is 16.6. The fourth-order valence-electron chi connectivity index (χ4n) is 5.47. The van der Waals surface area contributed by atoms with Crippen LogP contribution < -0.4 is 0 Å². The molecule has 0 aromatic rings. The van der Waals surface area contributed by atoms with Gasteiger partial charge in [0.2, 0.25) is 0 Å². The Balaban J connectivity index is 1.51. The minimum atomic E-state index is -0.377. The zero-order chi connectivity index (χ0) is 20.4. The quantitative estimate of drug-likeness (QED) is 0.323. The average molecular weight is 392 g/mol. The molecule has 0 aromatic carbocycles. The van der Waals surface area contributed by atoms with Gasteiger partial charge in [0, 0.05) is 17.6 Å². The first-order valence-corrected chi connectivity index (χ1v) is 10.2. The Bertz CT molecular complexity index is 585. The van der Waals surface area contributed by atoms with Gasteiger partial charge in [-0.2, -0.15) is 0 Å². The highest BCUT2D eigenvalue weighted by Gasteiger charge is 2.59. The van der Waals surface area contributed by atoms with Crippen molar-refractivity contribution in [1.82, 2.24) is 0 Å². The number of rotatable bonds is 10. The van der Waals surface area contributed by atoms with E-state index >= 15 is 0 Å². The minimum Gasteiger partial charge on any atom is -0.460 e. The van der Waals surface area contributed by atoms with Gasteiger partial charge in [-0.05, 0) is 57.8 Å². The summed E-state index contributed by atoms with van der Waals surface area (Å²) in [7, 11) is 0. The van der Waals surface area contributed by atoms with Gasteiger partial charge in [-0.1, -0.05) is 13.2 Å². The second-order valence-electron chi connectivity index (χ2n) is 8.86. The van der Waals surface area contributed by atoms with Crippen LogP contribution in [0.25, 0.3) is 0 Å². The van der Waals surface area contributed by atoms with E-state index < -0.39 is 0 Å². The van der Waals surface area contributed by atoms with Crippen LogP contribution in [-0.4, -0.2) is 49.6 Å². The summed E-state index contributed by atoms with van der Waals surface area (Å²) in [6.07, 6.45) is 6.30. The third-order valence-electron chi connectivity index (χ3n) is 6.10. The molecule has 0 atom stereocenters. The van der Waals surface area contributed by atoms with Crippen molar-refractivity contribution in [2.24, 2.45) is 11.8 Å². The molecule has 4 aliphatic carbocycles. The van der Waals surface area contributed by atoms with Gasteiger partial charge >= 0.3 is 11.9 Å². The van der Waals surface area contributed by atoms with Crippen molar-refractivity contribution in [3.63, 3.8) is 0 Å². The monoisotopic (exact) mass is 392 g/mol. The SMILES string of the molecule is C=C(C)C(=O)OCCOC12CC3CC(C1)CC(OCCOC(=O)C(=C)C)(C3)C2. The van der Waals surface area contributed by atoms with E-state index in [1.807, 2.05) is 0 Å². The molecule has 156 valence electrons. The largest absolute Gasteiger partial charge is 0.460 e. The van der Waals surface area contributed by atoms with Gasteiger partial charge in [0.15, 0.2) is 0 Å². The maximum absolute atomic E-state index is 11.5. The van der Waals surface area contributed by atoms with Gasteiger partial charge in [-0.15, -0.1) is 0 Å². The Hall–Kier alpha value is -1.66. The molecule has 6 nitrogen and oxygen atoms in total. The molecule has 4 rings (SSSR count). The standard InChI is InChI=1S/C22H32O6/c1-15(2)19(23)25-5-7-27-21-10-17-9-18(11-21)13-22(12-17,14-21)28-8-6-26-20(24)16(3)4/h17-18H,1,3,5-14H2,2,4H3. The number of hydrogen-bond acceptors (Lipinski definition) is 6. The number of carbonyl (C=O) groups is 2. The van der Waals surface area contributed by atoms with E-state index in [1.165, 1.54) is 6.42 Å². The zero-order valence-corrected chi connectivity index (χ0v) is 17.1. The third-order valence-corrected chi connectivity index (χ3v) is 6.10. The van der Waals surface area contributed by atoms with E-state index in [1.54, 1.807) is 13.8 Å². The van der Waals surface area contributed by atoms with Crippen LogP contribution in [0.4, 0.5) is 0 Å². The topological polar surface area (TPSA) is 71.1 Å². The molecule has 0 unspecified atom stereocenters. The van der Waals surface area contributed by atoms with Crippen molar-refractivity contribution in [2.45, 2.75) is 63.6 Å². The maximum Gasteiger partial charge on any atom is 0.333 e.